The van der Waals surface area contributed by atoms with Crippen LogP contribution in [0.1, 0.15) is 25.5 Å². The van der Waals surface area contributed by atoms with Crippen molar-refractivity contribution in [1.29, 1.82) is 0 Å². The second-order valence-electron chi connectivity index (χ2n) is 4.72. The average Bonchev–Trinajstić information content (AvgIpc) is 2.52. The Kier molecular flexibility index (Phi) is 5.41. The third kappa shape index (κ3) is 4.91. The molecule has 0 aromatic carbocycles. The van der Waals surface area contributed by atoms with E-state index in [1.54, 1.807) is 12.3 Å². The lowest BCUT2D eigenvalue weighted by Crippen LogP contribution is -2.26. The molecule has 0 fully saturated rings. The molecule has 2 rings (SSSR count). The molecule has 1 N–H and O–H groups in total. The molecule has 0 aliphatic heterocycles. The highest BCUT2D eigenvalue weighted by atomic mass is 32.2. The lowest BCUT2D eigenvalue weighted by Gasteiger charge is -2.07. The molecule has 0 aliphatic rings. The van der Waals surface area contributed by atoms with E-state index in [-0.39, 0.29) is 12.3 Å². The van der Waals surface area contributed by atoms with Gasteiger partial charge in [0.05, 0.1) is 29.4 Å². The van der Waals surface area contributed by atoms with Crippen molar-refractivity contribution in [2.75, 3.05) is 5.75 Å². The number of pyridine rings is 2. The summed E-state index contributed by atoms with van der Waals surface area (Å²) >= 11 is 0. The van der Waals surface area contributed by atoms with Crippen molar-refractivity contribution in [3.63, 3.8) is 0 Å². The van der Waals surface area contributed by atoms with Crippen LogP contribution in [-0.2, 0) is 16.6 Å². The number of sulfonamides is 1. The van der Waals surface area contributed by atoms with Gasteiger partial charge in [0.15, 0.2) is 0 Å². The van der Waals surface area contributed by atoms with E-state index in [2.05, 4.69) is 14.7 Å². The predicted molar refractivity (Wildman–Crippen MR) is 83.0 cm³/mol. The first-order valence-electron chi connectivity index (χ1n) is 6.95. The second-order valence-corrected chi connectivity index (χ2v) is 6.65. The molecule has 0 saturated carbocycles. The van der Waals surface area contributed by atoms with E-state index in [0.717, 1.165) is 17.8 Å². The Morgan fingerprint density at radius 3 is 2.62 bits per heavy atom. The fourth-order valence-corrected chi connectivity index (χ4v) is 3.01. The largest absolute Gasteiger partial charge is 0.255 e. The molecule has 2 aromatic heterocycles. The number of hydrogen-bond donors (Lipinski definition) is 1. The first-order chi connectivity index (χ1) is 10.1. The smallest absolute Gasteiger partial charge is 0.211 e. The zero-order valence-corrected chi connectivity index (χ0v) is 12.8. The Labute approximate surface area is 125 Å². The number of aromatic nitrogens is 2. The maximum Gasteiger partial charge on any atom is 0.211 e. The van der Waals surface area contributed by atoms with E-state index in [1.807, 2.05) is 37.3 Å². The Balaban J connectivity index is 2.05. The van der Waals surface area contributed by atoms with Gasteiger partial charge in [-0.2, -0.15) is 0 Å². The molecule has 0 saturated heterocycles. The van der Waals surface area contributed by atoms with Crippen LogP contribution in [0.15, 0.2) is 42.6 Å². The quantitative estimate of drug-likeness (QED) is 0.852. The molecule has 0 bridgehead atoms. The molecule has 0 radical (unpaired) electrons. The van der Waals surface area contributed by atoms with Gasteiger partial charge in [-0.15, -0.1) is 0 Å². The summed E-state index contributed by atoms with van der Waals surface area (Å²) in [4.78, 5) is 8.68. The third-order valence-electron chi connectivity index (χ3n) is 2.97. The van der Waals surface area contributed by atoms with Crippen LogP contribution in [0.2, 0.25) is 0 Å². The number of nitrogens with one attached hydrogen (secondary N) is 1. The topological polar surface area (TPSA) is 72.0 Å². The van der Waals surface area contributed by atoms with Crippen molar-refractivity contribution in [3.05, 3.63) is 48.3 Å². The highest BCUT2D eigenvalue weighted by Gasteiger charge is 2.10. The van der Waals surface area contributed by atoms with Gasteiger partial charge in [0.2, 0.25) is 10.0 Å². The van der Waals surface area contributed by atoms with E-state index in [9.17, 15) is 8.42 Å². The summed E-state index contributed by atoms with van der Waals surface area (Å²) in [5, 5.41) is 0. The van der Waals surface area contributed by atoms with Gasteiger partial charge in [0.1, 0.15) is 0 Å². The van der Waals surface area contributed by atoms with Crippen molar-refractivity contribution in [2.45, 2.75) is 26.3 Å². The zero-order valence-electron chi connectivity index (χ0n) is 12.0. The molecular weight excluding hydrogens is 286 g/mol. The molecule has 0 unspecified atom stereocenters. The minimum absolute atomic E-state index is 0.156. The van der Waals surface area contributed by atoms with Crippen LogP contribution in [0.25, 0.3) is 11.4 Å². The van der Waals surface area contributed by atoms with Crippen LogP contribution in [-0.4, -0.2) is 24.1 Å². The van der Waals surface area contributed by atoms with Gasteiger partial charge in [-0.05, 0) is 30.7 Å². The molecule has 2 aromatic rings. The third-order valence-corrected chi connectivity index (χ3v) is 4.38. The van der Waals surface area contributed by atoms with Crippen LogP contribution in [0.4, 0.5) is 0 Å². The molecule has 5 nitrogen and oxygen atoms in total. The minimum atomic E-state index is -3.23. The summed E-state index contributed by atoms with van der Waals surface area (Å²) in [6.45, 7) is 2.17. The summed E-state index contributed by atoms with van der Waals surface area (Å²) in [6, 6.07) is 11.1. The fraction of sp³-hybridized carbons (Fsp3) is 0.333. The maximum absolute atomic E-state index is 11.8. The molecule has 6 heteroatoms. The molecular formula is C15H19N3O2S. The summed E-state index contributed by atoms with van der Waals surface area (Å²) in [7, 11) is -3.23. The van der Waals surface area contributed by atoms with Crippen molar-refractivity contribution >= 4 is 10.0 Å². The van der Waals surface area contributed by atoms with Gasteiger partial charge < -0.3 is 0 Å². The monoisotopic (exact) mass is 305 g/mol. The minimum Gasteiger partial charge on any atom is -0.255 e. The van der Waals surface area contributed by atoms with Gasteiger partial charge in [-0.25, -0.2) is 18.1 Å². The lowest BCUT2D eigenvalue weighted by atomic mass is 10.2. The SMILES string of the molecule is CCCCS(=O)(=O)NCc1cccc(-c2ccccn2)n1. The van der Waals surface area contributed by atoms with E-state index >= 15 is 0 Å². The van der Waals surface area contributed by atoms with Crippen LogP contribution in [0.5, 0.6) is 0 Å². The number of rotatable bonds is 7. The Morgan fingerprint density at radius 2 is 1.90 bits per heavy atom. The lowest BCUT2D eigenvalue weighted by molar-refractivity contribution is 0.577. The Bertz CT molecular complexity index is 672. The molecule has 0 spiro atoms. The zero-order chi connectivity index (χ0) is 15.1. The second kappa shape index (κ2) is 7.28. The highest BCUT2D eigenvalue weighted by Crippen LogP contribution is 2.13. The molecule has 112 valence electrons. The number of hydrogen-bond acceptors (Lipinski definition) is 4. The van der Waals surface area contributed by atoms with Crippen molar-refractivity contribution in [2.24, 2.45) is 0 Å². The number of unbranched alkanes of at least 4 members (excludes halogenated alkanes) is 1. The Hall–Kier alpha value is -1.79. The summed E-state index contributed by atoms with van der Waals surface area (Å²) in [5.41, 5.74) is 2.19. The Morgan fingerprint density at radius 1 is 1.10 bits per heavy atom. The van der Waals surface area contributed by atoms with E-state index < -0.39 is 10.0 Å². The fourth-order valence-electron chi connectivity index (χ4n) is 1.83. The maximum atomic E-state index is 11.8. The molecule has 21 heavy (non-hydrogen) atoms. The van der Waals surface area contributed by atoms with Gasteiger partial charge >= 0.3 is 0 Å². The summed E-state index contributed by atoms with van der Waals surface area (Å²) in [5.74, 6) is 0.156. The van der Waals surface area contributed by atoms with Crippen LogP contribution in [0.3, 0.4) is 0 Å². The van der Waals surface area contributed by atoms with Gasteiger partial charge in [-0.1, -0.05) is 25.5 Å². The normalized spacial score (nSPS) is 11.5. The highest BCUT2D eigenvalue weighted by molar-refractivity contribution is 7.89. The van der Waals surface area contributed by atoms with Crippen molar-refractivity contribution < 1.29 is 8.42 Å². The van der Waals surface area contributed by atoms with E-state index in [1.165, 1.54) is 0 Å². The van der Waals surface area contributed by atoms with Crippen LogP contribution < -0.4 is 4.72 Å². The molecule has 0 atom stereocenters. The molecule has 0 amide bonds. The predicted octanol–water partition coefficient (Wildman–Crippen LogP) is 2.36. The van der Waals surface area contributed by atoms with Gasteiger partial charge in [-0.3, -0.25) is 4.98 Å². The first kappa shape index (κ1) is 15.6. The summed E-state index contributed by atoms with van der Waals surface area (Å²) < 4.78 is 26.1. The standard InChI is InChI=1S/C15H19N3O2S/c1-2-3-11-21(19,20)17-12-13-7-6-9-15(18-13)14-8-4-5-10-16-14/h4-10,17H,2-3,11-12H2,1H3. The van der Waals surface area contributed by atoms with E-state index in [0.29, 0.717) is 12.1 Å². The number of nitrogens with zero attached hydrogens (tertiary/aromatic N) is 2. The van der Waals surface area contributed by atoms with E-state index in [4.69, 9.17) is 0 Å². The molecule has 2 heterocycles. The van der Waals surface area contributed by atoms with Gasteiger partial charge in [0, 0.05) is 6.20 Å². The van der Waals surface area contributed by atoms with Crippen LogP contribution >= 0.6 is 0 Å². The summed E-state index contributed by atoms with van der Waals surface area (Å²) in [6.07, 6.45) is 3.22. The molecule has 0 aliphatic carbocycles. The average molecular weight is 305 g/mol. The van der Waals surface area contributed by atoms with Crippen LogP contribution in [0, 0.1) is 0 Å². The van der Waals surface area contributed by atoms with Gasteiger partial charge in [0.25, 0.3) is 0 Å². The van der Waals surface area contributed by atoms with Crippen molar-refractivity contribution in [3.8, 4) is 11.4 Å². The van der Waals surface area contributed by atoms with Crippen molar-refractivity contribution in [1.82, 2.24) is 14.7 Å². The first-order valence-corrected chi connectivity index (χ1v) is 8.60.